The summed E-state index contributed by atoms with van der Waals surface area (Å²) in [6.07, 6.45) is 4.49. The third kappa shape index (κ3) is 6.45. The number of rotatable bonds is 7. The van der Waals surface area contributed by atoms with Gasteiger partial charge in [0.15, 0.2) is 5.84 Å². The van der Waals surface area contributed by atoms with Crippen LogP contribution in [0.4, 0.5) is 17.1 Å². The van der Waals surface area contributed by atoms with Crippen molar-refractivity contribution >= 4 is 62.7 Å². The van der Waals surface area contributed by atoms with E-state index in [0.29, 0.717) is 18.2 Å². The van der Waals surface area contributed by atoms with Gasteiger partial charge in [-0.05, 0) is 76.3 Å². The highest BCUT2D eigenvalue weighted by Gasteiger charge is 2.25. The van der Waals surface area contributed by atoms with Gasteiger partial charge in [-0.3, -0.25) is 4.99 Å². The number of nitrogens with zero attached hydrogens (tertiary/aromatic N) is 4. The van der Waals surface area contributed by atoms with Gasteiger partial charge in [-0.25, -0.2) is 4.99 Å². The van der Waals surface area contributed by atoms with Gasteiger partial charge in [0.05, 0.1) is 29.0 Å². The molecule has 0 atom stereocenters. The van der Waals surface area contributed by atoms with Gasteiger partial charge in [0.25, 0.3) is 0 Å². The van der Waals surface area contributed by atoms with Crippen molar-refractivity contribution in [3.05, 3.63) is 228 Å². The van der Waals surface area contributed by atoms with E-state index in [-0.39, 0.29) is 0 Å². The van der Waals surface area contributed by atoms with Gasteiger partial charge in [0.1, 0.15) is 5.84 Å². The molecule has 276 valence electrons. The Morgan fingerprint density at radius 2 is 1.14 bits per heavy atom. The number of amidine groups is 2. The van der Waals surface area contributed by atoms with Gasteiger partial charge in [-0.1, -0.05) is 164 Å². The molecule has 2 N–H and O–H groups in total. The minimum atomic E-state index is 0.412. The quantitative estimate of drug-likeness (QED) is 0.130. The molecule has 0 bridgehead atoms. The van der Waals surface area contributed by atoms with Crippen molar-refractivity contribution in [2.75, 3.05) is 4.90 Å². The summed E-state index contributed by atoms with van der Waals surface area (Å²) in [6, 6.07) is 69.9. The number of hydrogen-bond donors (Lipinski definition) is 1. The number of fused-ring (bicyclic) bond motifs is 6. The molecule has 0 fully saturated rings. The Hall–Kier alpha value is -7.76. The molecule has 0 saturated heterocycles. The van der Waals surface area contributed by atoms with Crippen LogP contribution in [-0.4, -0.2) is 16.2 Å². The fourth-order valence-electron chi connectivity index (χ4n) is 8.08. The smallest absolute Gasteiger partial charge is 0.157 e. The summed E-state index contributed by atoms with van der Waals surface area (Å²) in [5, 5.41) is 2.40. The molecular weight excluding hydrogens is 707 g/mol. The minimum Gasteiger partial charge on any atom is -0.383 e. The average Bonchev–Trinajstić information content (AvgIpc) is 3.53. The topological polar surface area (TPSA) is 58.9 Å². The molecule has 0 unspecified atom stereocenters. The molecule has 1 aromatic heterocycles. The Balaban J connectivity index is 1.08. The molecule has 0 amide bonds. The average molecular weight is 746 g/mol. The van der Waals surface area contributed by atoms with E-state index in [0.717, 1.165) is 55.9 Å². The second kappa shape index (κ2) is 15.1. The fourth-order valence-corrected chi connectivity index (χ4v) is 8.08. The maximum Gasteiger partial charge on any atom is 0.157 e. The molecule has 10 rings (SSSR count). The number of benzene rings is 8. The Bertz CT molecular complexity index is 3030. The second-order valence-electron chi connectivity index (χ2n) is 14.4. The van der Waals surface area contributed by atoms with Gasteiger partial charge < -0.3 is 15.2 Å². The van der Waals surface area contributed by atoms with Crippen LogP contribution in [0.1, 0.15) is 27.8 Å². The monoisotopic (exact) mass is 745 g/mol. The van der Waals surface area contributed by atoms with E-state index in [1.807, 2.05) is 60.7 Å². The maximum atomic E-state index is 6.79. The number of para-hydroxylation sites is 3. The van der Waals surface area contributed by atoms with E-state index >= 15 is 0 Å². The number of nitrogens with two attached hydrogens (primary N) is 1. The first-order valence-corrected chi connectivity index (χ1v) is 19.6. The number of hydrogen-bond acceptors (Lipinski definition) is 2. The van der Waals surface area contributed by atoms with Crippen molar-refractivity contribution in [2.45, 2.75) is 6.54 Å². The summed E-state index contributed by atoms with van der Waals surface area (Å²) in [4.78, 5) is 12.2. The van der Waals surface area contributed by atoms with Crippen molar-refractivity contribution in [3.8, 4) is 16.8 Å². The lowest BCUT2D eigenvalue weighted by atomic mass is 10.0. The molecule has 0 saturated carbocycles. The van der Waals surface area contributed by atoms with E-state index in [4.69, 9.17) is 15.7 Å². The Morgan fingerprint density at radius 1 is 0.500 bits per heavy atom. The second-order valence-corrected chi connectivity index (χ2v) is 14.4. The SMILES string of the molecule is NC(=NC(=NCc1ccccc1)c1ccccc1)c1cccc(-c2cccc(-n3c4ccccc4c4c5c(ccc43)C=Cc3ccccc3N5c3ccccc3)c2)c1. The van der Waals surface area contributed by atoms with Crippen molar-refractivity contribution < 1.29 is 0 Å². The molecule has 9 aromatic rings. The van der Waals surface area contributed by atoms with Gasteiger partial charge in [0, 0.05) is 33.3 Å². The summed E-state index contributed by atoms with van der Waals surface area (Å²) < 4.78 is 2.40. The first-order valence-electron chi connectivity index (χ1n) is 19.6. The van der Waals surface area contributed by atoms with Crippen LogP contribution in [0.3, 0.4) is 0 Å². The van der Waals surface area contributed by atoms with Gasteiger partial charge >= 0.3 is 0 Å². The van der Waals surface area contributed by atoms with Gasteiger partial charge in [-0.2, -0.15) is 0 Å². The zero-order valence-electron chi connectivity index (χ0n) is 31.8. The van der Waals surface area contributed by atoms with Crippen LogP contribution in [0.2, 0.25) is 0 Å². The highest BCUT2D eigenvalue weighted by Crippen LogP contribution is 2.48. The molecule has 58 heavy (non-hydrogen) atoms. The molecular formula is C53H39N5. The number of anilines is 3. The van der Waals surface area contributed by atoms with E-state index in [2.05, 4.69) is 161 Å². The number of aromatic nitrogens is 1. The minimum absolute atomic E-state index is 0.412. The molecule has 1 aliphatic rings. The fraction of sp³-hybridized carbons (Fsp3) is 0.0189. The standard InChI is InChI=1S/C53H39N5/c54-52(56-53(40-19-6-2-7-20-40)55-36-37-16-4-1-5-17-37)43-23-14-21-41(34-43)42-22-15-26-45(35-42)57-48-29-13-11-27-46(48)50-49(57)33-32-39-31-30-38-18-10-12-28-47(38)58(51(39)50)44-24-8-3-9-25-44/h1-35H,36H2,(H2,54,55,56). The largest absolute Gasteiger partial charge is 0.383 e. The molecule has 1 aliphatic heterocycles. The van der Waals surface area contributed by atoms with Crippen molar-refractivity contribution in [1.82, 2.24) is 4.57 Å². The molecule has 5 nitrogen and oxygen atoms in total. The zero-order valence-corrected chi connectivity index (χ0v) is 31.8. The summed E-state index contributed by atoms with van der Waals surface area (Å²) in [5.74, 6) is 1.01. The van der Waals surface area contributed by atoms with Crippen molar-refractivity contribution in [3.63, 3.8) is 0 Å². The van der Waals surface area contributed by atoms with Crippen LogP contribution in [0.15, 0.2) is 210 Å². The molecule has 5 heteroatoms. The Kier molecular flexibility index (Phi) is 9.01. The number of aliphatic imine (C=N–C) groups is 2. The van der Waals surface area contributed by atoms with Crippen LogP contribution in [0.25, 0.3) is 50.8 Å². The molecule has 8 aromatic carbocycles. The molecule has 2 heterocycles. The lowest BCUT2D eigenvalue weighted by Crippen LogP contribution is -2.16. The van der Waals surface area contributed by atoms with Crippen LogP contribution < -0.4 is 10.6 Å². The summed E-state index contributed by atoms with van der Waals surface area (Å²) in [7, 11) is 0. The molecule has 0 spiro atoms. The molecule has 0 aliphatic carbocycles. The van der Waals surface area contributed by atoms with Gasteiger partial charge in [-0.15, -0.1) is 0 Å². The third-order valence-electron chi connectivity index (χ3n) is 10.8. The summed E-state index contributed by atoms with van der Waals surface area (Å²) in [6.45, 7) is 0.508. The van der Waals surface area contributed by atoms with Crippen LogP contribution in [0.5, 0.6) is 0 Å². The predicted octanol–water partition coefficient (Wildman–Crippen LogP) is 12.8. The van der Waals surface area contributed by atoms with E-state index in [1.165, 1.54) is 27.6 Å². The summed E-state index contributed by atoms with van der Waals surface area (Å²) >= 11 is 0. The predicted molar refractivity (Wildman–Crippen MR) is 244 cm³/mol. The normalized spacial score (nSPS) is 12.7. The molecule has 0 radical (unpaired) electrons. The lowest BCUT2D eigenvalue weighted by Gasteiger charge is -2.28. The first-order chi connectivity index (χ1) is 28.7. The Morgan fingerprint density at radius 3 is 1.97 bits per heavy atom. The van der Waals surface area contributed by atoms with Gasteiger partial charge in [0.2, 0.25) is 0 Å². The third-order valence-corrected chi connectivity index (χ3v) is 10.8. The highest BCUT2D eigenvalue weighted by atomic mass is 15.2. The van der Waals surface area contributed by atoms with Crippen LogP contribution >= 0.6 is 0 Å². The summed E-state index contributed by atoms with van der Waals surface area (Å²) in [5.41, 5.74) is 20.9. The van der Waals surface area contributed by atoms with E-state index in [9.17, 15) is 0 Å². The first kappa shape index (κ1) is 34.7. The van der Waals surface area contributed by atoms with Crippen molar-refractivity contribution in [1.29, 1.82) is 0 Å². The van der Waals surface area contributed by atoms with E-state index in [1.54, 1.807) is 0 Å². The highest BCUT2D eigenvalue weighted by molar-refractivity contribution is 6.19. The Labute approximate surface area is 338 Å². The van der Waals surface area contributed by atoms with E-state index < -0.39 is 0 Å². The lowest BCUT2D eigenvalue weighted by molar-refractivity contribution is 1.06. The van der Waals surface area contributed by atoms with Crippen molar-refractivity contribution in [2.24, 2.45) is 15.7 Å². The maximum absolute atomic E-state index is 6.79. The van der Waals surface area contributed by atoms with Crippen LogP contribution in [-0.2, 0) is 6.54 Å². The van der Waals surface area contributed by atoms with Crippen LogP contribution in [0, 0.1) is 0 Å². The zero-order chi connectivity index (χ0) is 38.8.